The fourth-order valence-electron chi connectivity index (χ4n) is 3.41. The number of hydrogen-bond donors (Lipinski definition) is 1. The number of ether oxygens (including phenoxy) is 1. The van der Waals surface area contributed by atoms with Crippen LogP contribution in [0.2, 0.25) is 0 Å². The first-order chi connectivity index (χ1) is 9.67. The number of benzene rings is 1. The van der Waals surface area contributed by atoms with Gasteiger partial charge in [0.1, 0.15) is 5.75 Å². The predicted octanol–water partition coefficient (Wildman–Crippen LogP) is 2.94. The molecule has 0 spiro atoms. The van der Waals surface area contributed by atoms with Crippen LogP contribution in [0.3, 0.4) is 0 Å². The lowest BCUT2D eigenvalue weighted by Crippen LogP contribution is -2.46. The highest BCUT2D eigenvalue weighted by Crippen LogP contribution is 2.34. The summed E-state index contributed by atoms with van der Waals surface area (Å²) in [5, 5.41) is 0. The zero-order chi connectivity index (χ0) is 14.1. The molecule has 20 heavy (non-hydrogen) atoms. The Balaban J connectivity index is 1.75. The summed E-state index contributed by atoms with van der Waals surface area (Å²) < 4.78 is 6.99. The second-order valence-corrected chi connectivity index (χ2v) is 6.92. The Morgan fingerprint density at radius 2 is 2.30 bits per heavy atom. The SMILES string of the molecule is CCC1CN(Cc2cc(Br)cc3c2OCC3)CCC1N. The average Bonchev–Trinajstić information content (AvgIpc) is 2.89. The molecular weight excluding hydrogens is 316 g/mol. The van der Waals surface area contributed by atoms with Crippen molar-refractivity contribution in [1.29, 1.82) is 0 Å². The molecule has 2 aliphatic rings. The van der Waals surface area contributed by atoms with Crippen LogP contribution in [0.4, 0.5) is 0 Å². The van der Waals surface area contributed by atoms with Crippen molar-refractivity contribution >= 4 is 15.9 Å². The highest BCUT2D eigenvalue weighted by Gasteiger charge is 2.26. The van der Waals surface area contributed by atoms with E-state index in [0.717, 1.165) is 49.3 Å². The van der Waals surface area contributed by atoms with Crippen molar-refractivity contribution < 1.29 is 4.74 Å². The monoisotopic (exact) mass is 338 g/mol. The van der Waals surface area contributed by atoms with Crippen LogP contribution in [0, 0.1) is 5.92 Å². The number of nitrogens with zero attached hydrogens (tertiary/aromatic N) is 1. The van der Waals surface area contributed by atoms with Crippen LogP contribution in [0.15, 0.2) is 16.6 Å². The molecule has 1 saturated heterocycles. The number of nitrogens with two attached hydrogens (primary N) is 1. The van der Waals surface area contributed by atoms with Gasteiger partial charge in [0.05, 0.1) is 6.61 Å². The van der Waals surface area contributed by atoms with E-state index in [-0.39, 0.29) is 0 Å². The first-order valence-corrected chi connectivity index (χ1v) is 8.38. The van der Waals surface area contributed by atoms with Crippen molar-refractivity contribution in [1.82, 2.24) is 4.90 Å². The Bertz CT molecular complexity index is 492. The standard InChI is InChI=1S/C16H23BrN2O/c1-2-11-9-19(5-3-15(11)18)10-13-8-14(17)7-12-4-6-20-16(12)13/h7-8,11,15H,2-6,9-10,18H2,1H3. The van der Waals surface area contributed by atoms with Crippen molar-refractivity contribution in [2.45, 2.75) is 38.8 Å². The Kier molecular flexibility index (Phi) is 4.34. The van der Waals surface area contributed by atoms with Crippen LogP contribution >= 0.6 is 15.9 Å². The van der Waals surface area contributed by atoms with Crippen molar-refractivity contribution in [2.24, 2.45) is 11.7 Å². The van der Waals surface area contributed by atoms with E-state index in [9.17, 15) is 0 Å². The van der Waals surface area contributed by atoms with Crippen molar-refractivity contribution in [3.63, 3.8) is 0 Å². The van der Waals surface area contributed by atoms with E-state index >= 15 is 0 Å². The quantitative estimate of drug-likeness (QED) is 0.920. The van der Waals surface area contributed by atoms with E-state index in [1.807, 2.05) is 0 Å². The number of rotatable bonds is 3. The van der Waals surface area contributed by atoms with Gasteiger partial charge in [-0.15, -0.1) is 0 Å². The van der Waals surface area contributed by atoms with Gasteiger partial charge < -0.3 is 10.5 Å². The molecular formula is C16H23BrN2O. The highest BCUT2D eigenvalue weighted by atomic mass is 79.9. The molecule has 2 N–H and O–H groups in total. The van der Waals surface area contributed by atoms with Crippen LogP contribution in [-0.4, -0.2) is 30.6 Å². The third-order valence-electron chi connectivity index (χ3n) is 4.62. The topological polar surface area (TPSA) is 38.5 Å². The van der Waals surface area contributed by atoms with Gasteiger partial charge in [-0.05, 0) is 36.6 Å². The predicted molar refractivity (Wildman–Crippen MR) is 85.0 cm³/mol. The van der Waals surface area contributed by atoms with E-state index < -0.39 is 0 Å². The smallest absolute Gasteiger partial charge is 0.127 e. The van der Waals surface area contributed by atoms with E-state index in [1.54, 1.807) is 0 Å². The number of fused-ring (bicyclic) bond motifs is 1. The van der Waals surface area contributed by atoms with Gasteiger partial charge in [0.15, 0.2) is 0 Å². The maximum absolute atomic E-state index is 6.20. The molecule has 4 heteroatoms. The molecule has 2 unspecified atom stereocenters. The number of hydrogen-bond acceptors (Lipinski definition) is 3. The largest absolute Gasteiger partial charge is 0.493 e. The van der Waals surface area contributed by atoms with E-state index in [4.69, 9.17) is 10.5 Å². The molecule has 1 aromatic rings. The minimum Gasteiger partial charge on any atom is -0.493 e. The van der Waals surface area contributed by atoms with E-state index in [2.05, 4.69) is 39.9 Å². The third-order valence-corrected chi connectivity index (χ3v) is 5.08. The van der Waals surface area contributed by atoms with Gasteiger partial charge in [0, 0.05) is 35.6 Å². The van der Waals surface area contributed by atoms with Gasteiger partial charge in [-0.3, -0.25) is 4.90 Å². The molecule has 0 amide bonds. The fraction of sp³-hybridized carbons (Fsp3) is 0.625. The van der Waals surface area contributed by atoms with Crippen LogP contribution in [0.25, 0.3) is 0 Å². The van der Waals surface area contributed by atoms with Gasteiger partial charge in [-0.25, -0.2) is 0 Å². The minimum absolute atomic E-state index is 0.376. The van der Waals surface area contributed by atoms with Gasteiger partial charge in [-0.1, -0.05) is 29.3 Å². The Morgan fingerprint density at radius 3 is 3.10 bits per heavy atom. The Morgan fingerprint density at radius 1 is 1.45 bits per heavy atom. The summed E-state index contributed by atoms with van der Waals surface area (Å²) in [5.74, 6) is 1.75. The molecule has 0 bridgehead atoms. The lowest BCUT2D eigenvalue weighted by Gasteiger charge is -2.36. The van der Waals surface area contributed by atoms with Crippen LogP contribution in [-0.2, 0) is 13.0 Å². The van der Waals surface area contributed by atoms with Gasteiger partial charge in [-0.2, -0.15) is 0 Å². The van der Waals surface area contributed by atoms with Crippen LogP contribution < -0.4 is 10.5 Å². The van der Waals surface area contributed by atoms with Crippen LogP contribution in [0.1, 0.15) is 30.9 Å². The average molecular weight is 339 g/mol. The molecule has 3 rings (SSSR count). The molecule has 2 heterocycles. The summed E-state index contributed by atoms with van der Waals surface area (Å²) in [5.41, 5.74) is 8.86. The Labute approximate surface area is 129 Å². The Hall–Kier alpha value is -0.580. The number of piperidine rings is 1. The molecule has 0 radical (unpaired) electrons. The molecule has 1 fully saturated rings. The van der Waals surface area contributed by atoms with E-state index in [0.29, 0.717) is 12.0 Å². The zero-order valence-corrected chi connectivity index (χ0v) is 13.7. The van der Waals surface area contributed by atoms with Crippen molar-refractivity contribution in [2.75, 3.05) is 19.7 Å². The lowest BCUT2D eigenvalue weighted by atomic mass is 9.90. The summed E-state index contributed by atoms with van der Waals surface area (Å²) >= 11 is 3.62. The molecule has 0 saturated carbocycles. The summed E-state index contributed by atoms with van der Waals surface area (Å²) in [7, 11) is 0. The molecule has 2 aliphatic heterocycles. The van der Waals surface area contributed by atoms with Gasteiger partial charge >= 0.3 is 0 Å². The second-order valence-electron chi connectivity index (χ2n) is 6.01. The summed E-state index contributed by atoms with van der Waals surface area (Å²) in [4.78, 5) is 2.53. The summed E-state index contributed by atoms with van der Waals surface area (Å²) in [6.45, 7) is 6.25. The van der Waals surface area contributed by atoms with Crippen molar-refractivity contribution in [3.8, 4) is 5.75 Å². The summed E-state index contributed by atoms with van der Waals surface area (Å²) in [6, 6.07) is 4.77. The summed E-state index contributed by atoms with van der Waals surface area (Å²) in [6.07, 6.45) is 3.31. The normalized spacial score (nSPS) is 26.4. The maximum atomic E-state index is 6.20. The maximum Gasteiger partial charge on any atom is 0.127 e. The number of likely N-dealkylation sites (tertiary alicyclic amines) is 1. The second kappa shape index (κ2) is 6.04. The third kappa shape index (κ3) is 2.87. The zero-order valence-electron chi connectivity index (χ0n) is 12.1. The minimum atomic E-state index is 0.376. The van der Waals surface area contributed by atoms with Crippen LogP contribution in [0.5, 0.6) is 5.75 Å². The first kappa shape index (κ1) is 14.4. The molecule has 3 nitrogen and oxygen atoms in total. The fourth-order valence-corrected chi connectivity index (χ4v) is 3.96. The first-order valence-electron chi connectivity index (χ1n) is 7.59. The van der Waals surface area contributed by atoms with Crippen molar-refractivity contribution in [3.05, 3.63) is 27.7 Å². The van der Waals surface area contributed by atoms with Gasteiger partial charge in [0.25, 0.3) is 0 Å². The van der Waals surface area contributed by atoms with E-state index in [1.165, 1.54) is 17.5 Å². The molecule has 1 aromatic carbocycles. The lowest BCUT2D eigenvalue weighted by molar-refractivity contribution is 0.144. The van der Waals surface area contributed by atoms with Gasteiger partial charge in [0.2, 0.25) is 0 Å². The molecule has 110 valence electrons. The molecule has 0 aliphatic carbocycles. The molecule has 2 atom stereocenters. The highest BCUT2D eigenvalue weighted by molar-refractivity contribution is 9.10. The number of halogens is 1. The molecule has 0 aromatic heterocycles.